The van der Waals surface area contributed by atoms with Crippen molar-refractivity contribution in [3.63, 3.8) is 0 Å². The Morgan fingerprint density at radius 2 is 1.97 bits per heavy atom. The normalized spacial score (nSPS) is 20.3. The number of pyridine rings is 1. The van der Waals surface area contributed by atoms with Crippen LogP contribution in [0.1, 0.15) is 53.7 Å². The molecular formula is C26H30F4N6O2. The molecule has 12 heteroatoms. The van der Waals surface area contributed by atoms with Crippen molar-refractivity contribution < 1.29 is 27.5 Å². The number of anilines is 1. The van der Waals surface area contributed by atoms with Crippen LogP contribution in [0.25, 0.3) is 5.65 Å². The minimum Gasteiger partial charge on any atom is -0.396 e. The average Bonchev–Trinajstić information content (AvgIpc) is 3.57. The monoisotopic (exact) mass is 534 g/mol. The predicted molar refractivity (Wildman–Crippen MR) is 132 cm³/mol. The van der Waals surface area contributed by atoms with E-state index in [9.17, 15) is 27.5 Å². The summed E-state index contributed by atoms with van der Waals surface area (Å²) in [6.45, 7) is 5.07. The van der Waals surface area contributed by atoms with Gasteiger partial charge < -0.3 is 15.3 Å². The molecule has 1 amide bonds. The van der Waals surface area contributed by atoms with Crippen LogP contribution in [0.4, 0.5) is 23.2 Å². The lowest BCUT2D eigenvalue weighted by molar-refractivity contribution is -0.140. The van der Waals surface area contributed by atoms with Crippen LogP contribution in [-0.4, -0.2) is 69.3 Å². The van der Waals surface area contributed by atoms with Crippen molar-refractivity contribution in [3.8, 4) is 0 Å². The van der Waals surface area contributed by atoms with Crippen molar-refractivity contribution in [3.05, 3.63) is 59.3 Å². The molecule has 0 unspecified atom stereocenters. The van der Waals surface area contributed by atoms with Crippen LogP contribution < -0.4 is 10.2 Å². The quantitative estimate of drug-likeness (QED) is 0.470. The van der Waals surface area contributed by atoms with Crippen LogP contribution in [0, 0.1) is 11.7 Å². The highest BCUT2D eigenvalue weighted by molar-refractivity contribution is 5.96. The molecule has 2 aliphatic rings. The lowest BCUT2D eigenvalue weighted by Gasteiger charge is -2.38. The number of nitrogens with one attached hydrogen (secondary N) is 1. The zero-order chi connectivity index (χ0) is 27.0. The number of nitrogens with zero attached hydrogens (tertiary/aromatic N) is 5. The molecule has 2 saturated heterocycles. The summed E-state index contributed by atoms with van der Waals surface area (Å²) in [5.74, 6) is -1.62. The second kappa shape index (κ2) is 10.5. The summed E-state index contributed by atoms with van der Waals surface area (Å²) in [5.41, 5.74) is -0.0429. The van der Waals surface area contributed by atoms with E-state index in [2.05, 4.69) is 25.2 Å². The topological polar surface area (TPSA) is 86.0 Å². The number of hydrogen-bond donors (Lipinski definition) is 2. The van der Waals surface area contributed by atoms with Crippen molar-refractivity contribution in [1.29, 1.82) is 0 Å². The number of amides is 1. The first-order chi connectivity index (χ1) is 18.2. The first-order valence-electron chi connectivity index (χ1n) is 12.8. The van der Waals surface area contributed by atoms with Crippen LogP contribution in [-0.2, 0) is 6.18 Å². The SMILES string of the molecule is C[C@@H](NC(=O)c1cc(N2CCC(N3CC[C@@H](CO)C3)CC2)c2ncnn2c1)c1cccc(C(F)(F)F)c1F. The summed E-state index contributed by atoms with van der Waals surface area (Å²) in [5, 5.41) is 16.3. The maximum Gasteiger partial charge on any atom is 0.419 e. The molecule has 204 valence electrons. The fraction of sp³-hybridized carbons (Fsp3) is 0.500. The van der Waals surface area contributed by atoms with Gasteiger partial charge in [0, 0.05) is 44.0 Å². The van der Waals surface area contributed by atoms with E-state index in [1.165, 1.54) is 30.0 Å². The number of benzene rings is 1. The summed E-state index contributed by atoms with van der Waals surface area (Å²) in [6.07, 6.45) is 0.938. The van der Waals surface area contributed by atoms with Gasteiger partial charge in [-0.1, -0.05) is 12.1 Å². The molecule has 2 aromatic heterocycles. The Hall–Kier alpha value is -3.25. The summed E-state index contributed by atoms with van der Waals surface area (Å²) < 4.78 is 55.5. The Balaban J connectivity index is 1.32. The van der Waals surface area contributed by atoms with E-state index in [0.717, 1.165) is 57.2 Å². The highest BCUT2D eigenvalue weighted by atomic mass is 19.4. The number of piperidine rings is 1. The van der Waals surface area contributed by atoms with Crippen molar-refractivity contribution in [2.24, 2.45) is 5.92 Å². The fourth-order valence-corrected chi connectivity index (χ4v) is 5.54. The molecule has 5 rings (SSSR count). The number of carbonyl (C=O) groups is 1. The van der Waals surface area contributed by atoms with Gasteiger partial charge >= 0.3 is 6.18 Å². The Morgan fingerprint density at radius 1 is 1.21 bits per heavy atom. The summed E-state index contributed by atoms with van der Waals surface area (Å²) in [7, 11) is 0. The minimum atomic E-state index is -4.83. The van der Waals surface area contributed by atoms with Crippen molar-refractivity contribution in [2.75, 3.05) is 37.7 Å². The molecule has 0 saturated carbocycles. The largest absolute Gasteiger partial charge is 0.419 e. The van der Waals surface area contributed by atoms with E-state index in [1.54, 1.807) is 6.07 Å². The Bertz CT molecular complexity index is 1300. The minimum absolute atomic E-state index is 0.216. The summed E-state index contributed by atoms with van der Waals surface area (Å²) in [6, 6.07) is 4.17. The highest BCUT2D eigenvalue weighted by Crippen LogP contribution is 2.34. The number of aliphatic hydroxyl groups excluding tert-OH is 1. The van der Waals surface area contributed by atoms with Crippen LogP contribution in [0.15, 0.2) is 36.8 Å². The van der Waals surface area contributed by atoms with Crippen LogP contribution in [0.2, 0.25) is 0 Å². The number of halogens is 4. The van der Waals surface area contributed by atoms with Crippen LogP contribution >= 0.6 is 0 Å². The average molecular weight is 535 g/mol. The maximum absolute atomic E-state index is 14.6. The number of carbonyl (C=O) groups excluding carboxylic acids is 1. The molecule has 2 aliphatic heterocycles. The number of rotatable bonds is 6. The molecule has 0 aliphatic carbocycles. The highest BCUT2D eigenvalue weighted by Gasteiger charge is 2.36. The molecule has 2 atom stereocenters. The number of fused-ring (bicyclic) bond motifs is 1. The first-order valence-corrected chi connectivity index (χ1v) is 12.8. The van der Waals surface area contributed by atoms with E-state index in [-0.39, 0.29) is 17.7 Å². The lowest BCUT2D eigenvalue weighted by atomic mass is 10.0. The van der Waals surface area contributed by atoms with Gasteiger partial charge in [-0.25, -0.2) is 13.9 Å². The third kappa shape index (κ3) is 5.19. The van der Waals surface area contributed by atoms with Gasteiger partial charge in [0.25, 0.3) is 5.91 Å². The van der Waals surface area contributed by atoms with Gasteiger partial charge in [0.05, 0.1) is 22.9 Å². The molecule has 38 heavy (non-hydrogen) atoms. The van der Waals surface area contributed by atoms with Gasteiger partial charge in [0.15, 0.2) is 5.65 Å². The second-order valence-corrected chi connectivity index (χ2v) is 10.1. The molecule has 0 spiro atoms. The summed E-state index contributed by atoms with van der Waals surface area (Å²) in [4.78, 5) is 22.1. The Labute approximate surface area is 217 Å². The summed E-state index contributed by atoms with van der Waals surface area (Å²) >= 11 is 0. The third-order valence-electron chi connectivity index (χ3n) is 7.66. The van der Waals surface area contributed by atoms with Crippen LogP contribution in [0.3, 0.4) is 0 Å². The van der Waals surface area contributed by atoms with Gasteiger partial charge in [-0.3, -0.25) is 9.69 Å². The first kappa shape index (κ1) is 26.4. The number of likely N-dealkylation sites (tertiary alicyclic amines) is 1. The molecule has 8 nitrogen and oxygen atoms in total. The molecular weight excluding hydrogens is 504 g/mol. The smallest absolute Gasteiger partial charge is 0.396 e. The molecule has 0 bridgehead atoms. The third-order valence-corrected chi connectivity index (χ3v) is 7.66. The fourth-order valence-electron chi connectivity index (χ4n) is 5.54. The number of alkyl halides is 3. The second-order valence-electron chi connectivity index (χ2n) is 10.1. The van der Waals surface area contributed by atoms with Crippen LogP contribution in [0.5, 0.6) is 0 Å². The number of hydrogen-bond acceptors (Lipinski definition) is 6. The van der Waals surface area contributed by atoms with Gasteiger partial charge in [0.2, 0.25) is 0 Å². The zero-order valence-electron chi connectivity index (χ0n) is 21.0. The van der Waals surface area contributed by atoms with Crippen molar-refractivity contribution in [2.45, 2.75) is 44.4 Å². The molecule has 1 aromatic carbocycles. The standard InChI is InChI=1S/C26H30F4N6O2/c1-16(20-3-2-4-21(23(20)27)26(28,29)30)33-25(38)18-11-22(24-31-15-32-36(24)13-18)34-9-6-19(7-10-34)35-8-5-17(12-35)14-37/h2-4,11,13,15-17,19,37H,5-10,12,14H2,1H3,(H,33,38)/t16-,17-/m1/s1. The van der Waals surface area contributed by atoms with Gasteiger partial charge in [0.1, 0.15) is 12.1 Å². The van der Waals surface area contributed by atoms with E-state index >= 15 is 0 Å². The molecule has 4 heterocycles. The molecule has 3 aromatic rings. The van der Waals surface area contributed by atoms with E-state index in [1.807, 2.05) is 0 Å². The Morgan fingerprint density at radius 3 is 2.66 bits per heavy atom. The molecule has 2 N–H and O–H groups in total. The van der Waals surface area contributed by atoms with Gasteiger partial charge in [-0.05, 0) is 50.8 Å². The van der Waals surface area contributed by atoms with E-state index < -0.39 is 29.5 Å². The molecule has 2 fully saturated rings. The zero-order valence-corrected chi connectivity index (χ0v) is 21.0. The predicted octanol–water partition coefficient (Wildman–Crippen LogP) is 3.66. The van der Waals surface area contributed by atoms with E-state index in [0.29, 0.717) is 23.7 Å². The van der Waals surface area contributed by atoms with E-state index in [4.69, 9.17) is 0 Å². The van der Waals surface area contributed by atoms with Gasteiger partial charge in [-0.15, -0.1) is 0 Å². The maximum atomic E-state index is 14.6. The Kier molecular flexibility index (Phi) is 7.28. The van der Waals surface area contributed by atoms with Gasteiger partial charge in [-0.2, -0.15) is 18.3 Å². The number of aromatic nitrogens is 3. The molecule has 0 radical (unpaired) electrons. The number of aliphatic hydroxyl groups is 1. The van der Waals surface area contributed by atoms with Crippen molar-refractivity contribution in [1.82, 2.24) is 24.8 Å². The lowest BCUT2D eigenvalue weighted by Crippen LogP contribution is -2.44. The van der Waals surface area contributed by atoms with Crippen molar-refractivity contribution >= 4 is 17.2 Å².